The number of para-hydroxylation sites is 2. The molecule has 5 nitrogen and oxygen atoms in total. The lowest BCUT2D eigenvalue weighted by Crippen LogP contribution is -2.44. The molecule has 5 rings (SSSR count). The largest absolute Gasteiger partial charge is 0.485 e. The molecule has 0 amide bonds. The second-order valence-electron chi connectivity index (χ2n) is 8.94. The summed E-state index contributed by atoms with van der Waals surface area (Å²) in [5, 5.41) is 6.22. The molecular formula is C30H30N2O3. The quantitative estimate of drug-likeness (QED) is 0.349. The monoisotopic (exact) mass is 466 g/mol. The zero-order chi connectivity index (χ0) is 24.2. The first kappa shape index (κ1) is 22.9. The maximum atomic E-state index is 11.8. The Kier molecular flexibility index (Phi) is 6.68. The number of nitrogens with zero attached hydrogens (tertiary/aromatic N) is 1. The number of anilines is 2. The summed E-state index contributed by atoms with van der Waals surface area (Å²) in [6, 6.07) is 31.3. The Morgan fingerprint density at radius 2 is 1.80 bits per heavy atom. The number of hydrogen-bond donors (Lipinski definition) is 1. The molecule has 0 saturated carbocycles. The Bertz CT molecular complexity index is 1330. The van der Waals surface area contributed by atoms with E-state index in [0.717, 1.165) is 22.7 Å². The molecule has 2 atom stereocenters. The highest BCUT2D eigenvalue weighted by molar-refractivity contribution is 5.86. The lowest BCUT2D eigenvalue weighted by molar-refractivity contribution is -0.139. The van der Waals surface area contributed by atoms with Gasteiger partial charge in [-0.2, -0.15) is 0 Å². The standard InChI is InChI=1S/C30H30N2O3/c1-21(26-14-8-11-23-10-3-4-13-27(23)26)31-19-25-20-32(28-15-5-6-16-29(28)35-25)24-12-7-9-22(17-24)18-30(33)34-2/h3-17,21,25,31H,18-20H2,1-2H3. The minimum atomic E-state index is -0.242. The normalized spacial score (nSPS) is 15.8. The van der Waals surface area contributed by atoms with Gasteiger partial charge in [0.1, 0.15) is 11.9 Å². The molecule has 0 radical (unpaired) electrons. The number of hydrogen-bond acceptors (Lipinski definition) is 5. The molecule has 35 heavy (non-hydrogen) atoms. The van der Waals surface area contributed by atoms with Crippen LogP contribution in [0.2, 0.25) is 0 Å². The summed E-state index contributed by atoms with van der Waals surface area (Å²) in [6.45, 7) is 3.61. The molecular weight excluding hydrogens is 436 g/mol. The first-order chi connectivity index (χ1) is 17.1. The van der Waals surface area contributed by atoms with E-state index in [4.69, 9.17) is 9.47 Å². The minimum absolute atomic E-state index is 0.0356. The molecule has 0 fully saturated rings. The molecule has 1 aliphatic heterocycles. The van der Waals surface area contributed by atoms with E-state index >= 15 is 0 Å². The fourth-order valence-electron chi connectivity index (χ4n) is 4.77. The number of ether oxygens (including phenoxy) is 2. The topological polar surface area (TPSA) is 50.8 Å². The van der Waals surface area contributed by atoms with Crippen LogP contribution in [-0.4, -0.2) is 32.3 Å². The fraction of sp³-hybridized carbons (Fsp3) is 0.233. The van der Waals surface area contributed by atoms with Crippen LogP contribution in [0.15, 0.2) is 91.0 Å². The number of esters is 1. The van der Waals surface area contributed by atoms with Crippen molar-refractivity contribution in [1.29, 1.82) is 0 Å². The van der Waals surface area contributed by atoms with Crippen LogP contribution in [0.1, 0.15) is 24.1 Å². The summed E-state index contributed by atoms with van der Waals surface area (Å²) in [5.41, 5.74) is 4.28. The number of methoxy groups -OCH3 is 1. The summed E-state index contributed by atoms with van der Waals surface area (Å²) >= 11 is 0. The summed E-state index contributed by atoms with van der Waals surface area (Å²) in [5.74, 6) is 0.621. The highest BCUT2D eigenvalue weighted by Gasteiger charge is 2.27. The predicted octanol–water partition coefficient (Wildman–Crippen LogP) is 5.81. The van der Waals surface area contributed by atoms with Crippen LogP contribution in [0.4, 0.5) is 11.4 Å². The van der Waals surface area contributed by atoms with E-state index in [1.54, 1.807) is 0 Å². The van der Waals surface area contributed by atoms with Crippen molar-refractivity contribution >= 4 is 28.1 Å². The van der Waals surface area contributed by atoms with Crippen LogP contribution in [0.3, 0.4) is 0 Å². The number of fused-ring (bicyclic) bond motifs is 2. The van der Waals surface area contributed by atoms with Gasteiger partial charge in [-0.3, -0.25) is 4.79 Å². The van der Waals surface area contributed by atoms with Gasteiger partial charge in [0.15, 0.2) is 0 Å². The highest BCUT2D eigenvalue weighted by Crippen LogP contribution is 2.38. The van der Waals surface area contributed by atoms with Crippen LogP contribution < -0.4 is 15.0 Å². The Labute approximate surface area is 206 Å². The zero-order valence-corrected chi connectivity index (χ0v) is 20.1. The summed E-state index contributed by atoms with van der Waals surface area (Å²) in [7, 11) is 1.42. The number of benzene rings is 4. The van der Waals surface area contributed by atoms with E-state index < -0.39 is 0 Å². The third kappa shape index (κ3) is 5.00. The molecule has 0 saturated heterocycles. The van der Waals surface area contributed by atoms with Gasteiger partial charge in [0.25, 0.3) is 0 Å². The predicted molar refractivity (Wildman–Crippen MR) is 140 cm³/mol. The van der Waals surface area contributed by atoms with Crippen molar-refractivity contribution in [2.45, 2.75) is 25.5 Å². The molecule has 4 aromatic rings. The summed E-state index contributed by atoms with van der Waals surface area (Å²) < 4.78 is 11.2. The summed E-state index contributed by atoms with van der Waals surface area (Å²) in [6.07, 6.45) is 0.218. The number of carbonyl (C=O) groups excluding carboxylic acids is 1. The highest BCUT2D eigenvalue weighted by atomic mass is 16.5. The van der Waals surface area contributed by atoms with Gasteiger partial charge in [0, 0.05) is 18.3 Å². The van der Waals surface area contributed by atoms with Crippen molar-refractivity contribution < 1.29 is 14.3 Å². The van der Waals surface area contributed by atoms with Crippen molar-refractivity contribution in [3.05, 3.63) is 102 Å². The van der Waals surface area contributed by atoms with Gasteiger partial charge in [-0.25, -0.2) is 0 Å². The molecule has 5 heteroatoms. The Morgan fingerprint density at radius 3 is 2.69 bits per heavy atom. The van der Waals surface area contributed by atoms with Gasteiger partial charge in [0.2, 0.25) is 0 Å². The van der Waals surface area contributed by atoms with Gasteiger partial charge < -0.3 is 19.7 Å². The molecule has 2 unspecified atom stereocenters. The second kappa shape index (κ2) is 10.2. The molecule has 1 heterocycles. The van der Waals surface area contributed by atoms with Crippen LogP contribution in [0.5, 0.6) is 5.75 Å². The average Bonchev–Trinajstić information content (AvgIpc) is 2.91. The van der Waals surface area contributed by atoms with Gasteiger partial charge in [-0.15, -0.1) is 0 Å². The van der Waals surface area contributed by atoms with Crippen molar-refractivity contribution in [3.63, 3.8) is 0 Å². The zero-order valence-electron chi connectivity index (χ0n) is 20.1. The van der Waals surface area contributed by atoms with Gasteiger partial charge in [-0.1, -0.05) is 66.7 Å². The SMILES string of the molecule is COC(=O)Cc1cccc(N2CC(CNC(C)c3cccc4ccccc34)Oc3ccccc32)c1. The van der Waals surface area contributed by atoms with E-state index in [2.05, 4.69) is 77.8 Å². The molecule has 0 bridgehead atoms. The van der Waals surface area contributed by atoms with Crippen LogP contribution >= 0.6 is 0 Å². The van der Waals surface area contributed by atoms with Gasteiger partial charge >= 0.3 is 5.97 Å². The maximum Gasteiger partial charge on any atom is 0.309 e. The van der Waals surface area contributed by atoms with Crippen molar-refractivity contribution in [2.75, 3.05) is 25.1 Å². The molecule has 0 spiro atoms. The lowest BCUT2D eigenvalue weighted by Gasteiger charge is -2.37. The van der Waals surface area contributed by atoms with Crippen LogP contribution in [-0.2, 0) is 16.0 Å². The lowest BCUT2D eigenvalue weighted by atomic mass is 9.99. The Morgan fingerprint density at radius 1 is 1.03 bits per heavy atom. The average molecular weight is 467 g/mol. The molecule has 1 aliphatic rings. The molecule has 0 aliphatic carbocycles. The van der Waals surface area contributed by atoms with E-state index in [0.29, 0.717) is 13.1 Å². The van der Waals surface area contributed by atoms with Crippen LogP contribution in [0, 0.1) is 0 Å². The van der Waals surface area contributed by atoms with Gasteiger partial charge in [0.05, 0.1) is 25.8 Å². The molecule has 4 aromatic carbocycles. The van der Waals surface area contributed by atoms with E-state index in [-0.39, 0.29) is 24.5 Å². The van der Waals surface area contributed by atoms with Crippen molar-refractivity contribution in [3.8, 4) is 5.75 Å². The molecule has 1 N–H and O–H groups in total. The van der Waals surface area contributed by atoms with Crippen molar-refractivity contribution in [2.24, 2.45) is 0 Å². The first-order valence-electron chi connectivity index (χ1n) is 12.0. The molecule has 178 valence electrons. The maximum absolute atomic E-state index is 11.8. The van der Waals surface area contributed by atoms with E-state index in [1.807, 2.05) is 30.3 Å². The third-order valence-corrected chi connectivity index (χ3v) is 6.58. The second-order valence-corrected chi connectivity index (χ2v) is 8.94. The number of rotatable bonds is 7. The van der Waals surface area contributed by atoms with E-state index in [1.165, 1.54) is 23.4 Å². The van der Waals surface area contributed by atoms with Crippen molar-refractivity contribution in [1.82, 2.24) is 5.32 Å². The number of nitrogens with one attached hydrogen (secondary N) is 1. The fourth-order valence-corrected chi connectivity index (χ4v) is 4.77. The molecule has 0 aromatic heterocycles. The summed E-state index contributed by atoms with van der Waals surface area (Å²) in [4.78, 5) is 14.1. The Hall–Kier alpha value is -3.83. The number of carbonyl (C=O) groups is 1. The van der Waals surface area contributed by atoms with Crippen LogP contribution in [0.25, 0.3) is 10.8 Å². The first-order valence-corrected chi connectivity index (χ1v) is 12.0. The Balaban J connectivity index is 1.35. The third-order valence-electron chi connectivity index (χ3n) is 6.58. The van der Waals surface area contributed by atoms with Gasteiger partial charge in [-0.05, 0) is 53.1 Å². The smallest absolute Gasteiger partial charge is 0.309 e. The van der Waals surface area contributed by atoms with E-state index in [9.17, 15) is 4.79 Å². The minimum Gasteiger partial charge on any atom is -0.485 e.